The van der Waals surface area contributed by atoms with E-state index in [0.717, 1.165) is 5.56 Å². The van der Waals surface area contributed by atoms with E-state index >= 15 is 0 Å². The third kappa shape index (κ3) is 9.64. The first-order valence-electron chi connectivity index (χ1n) is 10.6. The van der Waals surface area contributed by atoms with Gasteiger partial charge >= 0.3 is 12.1 Å². The summed E-state index contributed by atoms with van der Waals surface area (Å²) >= 11 is 0. The molecule has 210 valence electrons. The summed E-state index contributed by atoms with van der Waals surface area (Å²) in [7, 11) is -2.65. The number of carboxylic acids is 1. The molecule has 0 radical (unpaired) electrons. The molecule has 38 heavy (non-hydrogen) atoms. The molecule has 0 spiro atoms. The second-order valence-electron chi connectivity index (χ2n) is 7.64. The summed E-state index contributed by atoms with van der Waals surface area (Å²) in [5, 5.41) is 13.0. The smallest absolute Gasteiger partial charge is 0.475 e. The fourth-order valence-electron chi connectivity index (χ4n) is 2.96. The molecule has 1 amide bonds. The van der Waals surface area contributed by atoms with Crippen LogP contribution in [0.4, 0.5) is 18.9 Å². The maximum Gasteiger partial charge on any atom is 0.490 e. The normalized spacial score (nSPS) is 11.8. The molecule has 0 bridgehead atoms. The molecule has 0 saturated carbocycles. The number of aromatic amines is 1. The molecule has 2 rings (SSSR count). The van der Waals surface area contributed by atoms with Crippen molar-refractivity contribution in [3.63, 3.8) is 0 Å². The molecule has 0 saturated heterocycles. The quantitative estimate of drug-likeness (QED) is 0.110. The number of aromatic nitrogens is 1. The Balaban J connectivity index is 0.000000905. The molecule has 13 nitrogen and oxygen atoms in total. The largest absolute Gasteiger partial charge is 0.490 e. The molecule has 17 heteroatoms. The number of alkyl halides is 3. The number of sulfonamides is 1. The highest BCUT2D eigenvalue weighted by Crippen LogP contribution is 2.28. The maximum absolute atomic E-state index is 12.9. The number of carboxylic acid groups (broad SMARTS) is 1. The minimum atomic E-state index is -5.08. The molecular weight excluding hydrogens is 537 g/mol. The molecule has 2 aromatic rings. The fourth-order valence-corrected chi connectivity index (χ4v) is 4.16. The number of carbonyl (C=O) groups excluding carboxylic acids is 1. The molecule has 0 fully saturated rings. The number of carbonyl (C=O) groups is 2. The van der Waals surface area contributed by atoms with Crippen LogP contribution in [0.1, 0.15) is 29.2 Å². The average Bonchev–Trinajstić information content (AvgIpc) is 2.80. The molecule has 1 atom stereocenters. The van der Waals surface area contributed by atoms with Gasteiger partial charge < -0.3 is 31.7 Å². The number of halogens is 3. The minimum absolute atomic E-state index is 0.00832. The molecule has 1 unspecified atom stereocenters. The van der Waals surface area contributed by atoms with Crippen LogP contribution in [-0.2, 0) is 24.4 Å². The van der Waals surface area contributed by atoms with E-state index in [0.29, 0.717) is 5.69 Å². The lowest BCUT2D eigenvalue weighted by Crippen LogP contribution is -2.30. The highest BCUT2D eigenvalue weighted by molar-refractivity contribution is 7.92. The lowest BCUT2D eigenvalue weighted by atomic mass is 9.94. The van der Waals surface area contributed by atoms with Crippen LogP contribution in [0.5, 0.6) is 0 Å². The van der Waals surface area contributed by atoms with Crippen LogP contribution in [0.15, 0.2) is 45.2 Å². The second kappa shape index (κ2) is 13.3. The summed E-state index contributed by atoms with van der Waals surface area (Å²) in [4.78, 5) is 41.6. The van der Waals surface area contributed by atoms with E-state index < -0.39 is 39.6 Å². The van der Waals surface area contributed by atoms with E-state index in [4.69, 9.17) is 26.2 Å². The number of H-pyrrole nitrogens is 1. The summed E-state index contributed by atoms with van der Waals surface area (Å²) in [6.07, 6.45) is -5.00. The first-order valence-corrected chi connectivity index (χ1v) is 12.0. The van der Waals surface area contributed by atoms with E-state index in [1.807, 2.05) is 0 Å². The van der Waals surface area contributed by atoms with Gasteiger partial charge in [-0.3, -0.25) is 14.3 Å². The van der Waals surface area contributed by atoms with Crippen LogP contribution in [0, 0.1) is 13.8 Å². The molecule has 0 aliphatic rings. The number of rotatable bonds is 9. The van der Waals surface area contributed by atoms with Crippen molar-refractivity contribution in [3.8, 4) is 0 Å². The van der Waals surface area contributed by atoms with Crippen molar-refractivity contribution in [3.05, 3.63) is 57.5 Å². The van der Waals surface area contributed by atoms with Crippen LogP contribution < -0.4 is 27.1 Å². The second-order valence-corrected chi connectivity index (χ2v) is 9.32. The summed E-state index contributed by atoms with van der Waals surface area (Å²) in [5.74, 6) is -4.38. The first kappa shape index (κ1) is 31.7. The van der Waals surface area contributed by atoms with Crippen molar-refractivity contribution in [2.75, 3.05) is 18.4 Å². The van der Waals surface area contributed by atoms with Crippen LogP contribution in [0.2, 0.25) is 0 Å². The van der Waals surface area contributed by atoms with E-state index in [-0.39, 0.29) is 35.1 Å². The minimum Gasteiger partial charge on any atom is -0.475 e. The number of hydrogen-bond donors (Lipinski definition) is 6. The number of nitrogens with zero attached hydrogens (tertiary/aromatic N) is 1. The van der Waals surface area contributed by atoms with Crippen molar-refractivity contribution in [1.82, 2.24) is 10.3 Å². The van der Waals surface area contributed by atoms with Gasteiger partial charge in [0, 0.05) is 12.7 Å². The number of nitrogens with one attached hydrogen (secondary N) is 3. The van der Waals surface area contributed by atoms with E-state index in [1.54, 1.807) is 26.0 Å². The Hall–Kier alpha value is -4.28. The van der Waals surface area contributed by atoms with Crippen LogP contribution >= 0.6 is 0 Å². The first-order chi connectivity index (χ1) is 17.5. The number of amides is 1. The Morgan fingerprint density at radius 3 is 2.32 bits per heavy atom. The van der Waals surface area contributed by atoms with Crippen molar-refractivity contribution >= 4 is 33.5 Å². The molecule has 1 aromatic heterocycles. The summed E-state index contributed by atoms with van der Waals surface area (Å²) in [5.41, 5.74) is 10.9. The zero-order chi connectivity index (χ0) is 29.3. The highest BCUT2D eigenvalue weighted by atomic mass is 32.2. The lowest BCUT2D eigenvalue weighted by molar-refractivity contribution is -0.192. The van der Waals surface area contributed by atoms with Gasteiger partial charge in [-0.05, 0) is 54.8 Å². The molecule has 8 N–H and O–H groups in total. The Morgan fingerprint density at radius 2 is 1.82 bits per heavy atom. The van der Waals surface area contributed by atoms with Crippen LogP contribution in [0.25, 0.3) is 0 Å². The summed E-state index contributed by atoms with van der Waals surface area (Å²) in [6, 6.07) is 7.77. The molecule has 0 aliphatic carbocycles. The van der Waals surface area contributed by atoms with Crippen molar-refractivity contribution in [1.29, 1.82) is 0 Å². The maximum atomic E-state index is 12.9. The summed E-state index contributed by atoms with van der Waals surface area (Å²) in [6.45, 7) is 3.33. The standard InChI is InChI=1S/C19H26N6O5S.C2HF3O2/c1-11-5-4-6-13(9-11)31(28,29)25-16-15(10-12(2)23-18(16)27)14(17(26)22-3)7-8-30-24-19(20)21;3-2(4,5)1(6)7/h4-6,9-10,14,25H,7-8H2,1-3H3,(H,22,26)(H,23,27)(H4,20,21,24);(H,6,7). The predicted octanol–water partition coefficient (Wildman–Crippen LogP) is 0.851. The van der Waals surface area contributed by atoms with Gasteiger partial charge in [-0.25, -0.2) is 13.2 Å². The number of nitrogens with two attached hydrogens (primary N) is 2. The van der Waals surface area contributed by atoms with Gasteiger partial charge in [0.15, 0.2) is 0 Å². The number of anilines is 1. The van der Waals surface area contributed by atoms with Gasteiger partial charge in [-0.1, -0.05) is 12.1 Å². The number of pyridine rings is 1. The molecule has 1 heterocycles. The van der Waals surface area contributed by atoms with Gasteiger partial charge in [-0.15, -0.1) is 0 Å². The topological polar surface area (TPSA) is 219 Å². The number of oxime groups is 1. The number of guanidine groups is 1. The van der Waals surface area contributed by atoms with Crippen molar-refractivity contribution in [2.24, 2.45) is 16.6 Å². The van der Waals surface area contributed by atoms with Gasteiger partial charge in [-0.2, -0.15) is 13.2 Å². The van der Waals surface area contributed by atoms with Gasteiger partial charge in [0.25, 0.3) is 15.6 Å². The number of aryl methyl sites for hydroxylation is 2. The van der Waals surface area contributed by atoms with Crippen LogP contribution in [0.3, 0.4) is 0 Å². The number of likely N-dealkylation sites (N-methyl/N-ethyl adjacent to an activating group) is 1. The Kier molecular flexibility index (Phi) is 11.1. The van der Waals surface area contributed by atoms with Crippen molar-refractivity contribution in [2.45, 2.75) is 37.3 Å². The van der Waals surface area contributed by atoms with Crippen LogP contribution in [-0.4, -0.2) is 56.2 Å². The number of benzene rings is 1. The molecule has 1 aromatic carbocycles. The zero-order valence-corrected chi connectivity index (χ0v) is 21.2. The lowest BCUT2D eigenvalue weighted by Gasteiger charge is -2.20. The Morgan fingerprint density at radius 1 is 1.21 bits per heavy atom. The number of aliphatic carboxylic acids is 1. The molecular formula is C21H27F3N6O7S. The third-order valence-electron chi connectivity index (χ3n) is 4.58. The zero-order valence-electron chi connectivity index (χ0n) is 20.4. The fraction of sp³-hybridized carbons (Fsp3) is 0.333. The molecule has 0 aliphatic heterocycles. The van der Waals surface area contributed by atoms with E-state index in [1.165, 1.54) is 25.2 Å². The van der Waals surface area contributed by atoms with Gasteiger partial charge in [0.1, 0.15) is 12.3 Å². The number of hydrogen-bond acceptors (Lipinski definition) is 7. The average molecular weight is 565 g/mol. The van der Waals surface area contributed by atoms with E-state index in [9.17, 15) is 31.2 Å². The van der Waals surface area contributed by atoms with Gasteiger partial charge in [0.2, 0.25) is 11.9 Å². The predicted molar refractivity (Wildman–Crippen MR) is 131 cm³/mol. The summed E-state index contributed by atoms with van der Waals surface area (Å²) < 4.78 is 59.9. The van der Waals surface area contributed by atoms with E-state index in [2.05, 4.69) is 20.2 Å². The Bertz CT molecular complexity index is 1340. The van der Waals surface area contributed by atoms with Crippen molar-refractivity contribution < 1.29 is 41.1 Å². The Labute approximate surface area is 215 Å². The van der Waals surface area contributed by atoms with Gasteiger partial charge in [0.05, 0.1) is 10.8 Å². The third-order valence-corrected chi connectivity index (χ3v) is 5.93. The highest BCUT2D eigenvalue weighted by Gasteiger charge is 2.38. The monoisotopic (exact) mass is 564 g/mol. The SMILES string of the molecule is CNC(=O)C(CCON=C(N)N)c1cc(C)[nH]c(=O)c1NS(=O)(=O)c1cccc(C)c1.O=C(O)C(F)(F)F.